The molecule has 0 saturated carbocycles. The molecule has 1 aromatic carbocycles. The Balaban J connectivity index is 0.00000200. The highest BCUT2D eigenvalue weighted by atomic mass is 79.9. The first-order valence-electron chi connectivity index (χ1n) is 6.54. The Bertz CT molecular complexity index is 453. The van der Waals surface area contributed by atoms with Crippen LogP contribution >= 0.6 is 40.1 Å². The van der Waals surface area contributed by atoms with Crippen molar-refractivity contribution in [1.82, 2.24) is 10.6 Å². The minimum Gasteiger partial charge on any atom is -0.353 e. The van der Waals surface area contributed by atoms with Crippen LogP contribution in [0.4, 0.5) is 0 Å². The summed E-state index contributed by atoms with van der Waals surface area (Å²) in [5.74, 6) is 0.631. The predicted molar refractivity (Wildman–Crippen MR) is 90.9 cm³/mol. The maximum Gasteiger partial charge on any atom is 0.230 e. The first-order valence-corrected chi connectivity index (χ1v) is 8.32. The molecule has 0 radical (unpaired) electrons. The number of carbonyl (C=O) groups excluding carboxylic acids is 1. The van der Waals surface area contributed by atoms with Gasteiger partial charge in [-0.25, -0.2) is 0 Å². The molecule has 0 aromatic heterocycles. The van der Waals surface area contributed by atoms with Gasteiger partial charge >= 0.3 is 0 Å². The standard InChI is InChI=1S/C14H19BrN2OS.ClH/c1-10-8-11(15)2-3-13(10)19-9-14(18)17-12-4-6-16-7-5-12;/h2-3,8,12,16H,4-7,9H2,1H3,(H,17,18);1H. The highest BCUT2D eigenvalue weighted by Gasteiger charge is 2.15. The van der Waals surface area contributed by atoms with Crippen LogP contribution in [0, 0.1) is 6.92 Å². The quantitative estimate of drug-likeness (QED) is 0.790. The molecule has 0 aliphatic carbocycles. The fraction of sp³-hybridized carbons (Fsp3) is 0.500. The van der Waals surface area contributed by atoms with Gasteiger partial charge in [-0.2, -0.15) is 0 Å². The Morgan fingerprint density at radius 3 is 2.80 bits per heavy atom. The van der Waals surface area contributed by atoms with Gasteiger partial charge in [0.25, 0.3) is 0 Å². The Labute approximate surface area is 139 Å². The summed E-state index contributed by atoms with van der Waals surface area (Å²) in [6, 6.07) is 6.50. The second-order valence-electron chi connectivity index (χ2n) is 4.79. The molecule has 2 rings (SSSR count). The van der Waals surface area contributed by atoms with E-state index in [9.17, 15) is 4.79 Å². The number of piperidine rings is 1. The lowest BCUT2D eigenvalue weighted by Crippen LogP contribution is -2.43. The van der Waals surface area contributed by atoms with Gasteiger partial charge in [0.1, 0.15) is 0 Å². The van der Waals surface area contributed by atoms with Gasteiger partial charge < -0.3 is 10.6 Å². The van der Waals surface area contributed by atoms with E-state index < -0.39 is 0 Å². The van der Waals surface area contributed by atoms with E-state index in [4.69, 9.17) is 0 Å². The summed E-state index contributed by atoms with van der Waals surface area (Å²) < 4.78 is 1.08. The maximum absolute atomic E-state index is 11.9. The molecule has 0 unspecified atom stereocenters. The van der Waals surface area contributed by atoms with E-state index >= 15 is 0 Å². The predicted octanol–water partition coefficient (Wildman–Crippen LogP) is 3.14. The van der Waals surface area contributed by atoms with E-state index in [0.29, 0.717) is 11.8 Å². The van der Waals surface area contributed by atoms with Crippen molar-refractivity contribution in [3.8, 4) is 0 Å². The van der Waals surface area contributed by atoms with Crippen molar-refractivity contribution in [3.05, 3.63) is 28.2 Å². The van der Waals surface area contributed by atoms with E-state index in [2.05, 4.69) is 45.6 Å². The van der Waals surface area contributed by atoms with Gasteiger partial charge in [0, 0.05) is 15.4 Å². The molecule has 1 heterocycles. The van der Waals surface area contributed by atoms with Crippen molar-refractivity contribution in [2.45, 2.75) is 30.7 Å². The van der Waals surface area contributed by atoms with Crippen molar-refractivity contribution in [3.63, 3.8) is 0 Å². The van der Waals surface area contributed by atoms with E-state index in [1.807, 2.05) is 6.07 Å². The Kier molecular flexibility index (Phi) is 7.95. The highest BCUT2D eigenvalue weighted by molar-refractivity contribution is 9.10. The molecule has 1 saturated heterocycles. The number of halogens is 2. The summed E-state index contributed by atoms with van der Waals surface area (Å²) in [7, 11) is 0. The number of carbonyl (C=O) groups is 1. The van der Waals surface area contributed by atoms with Crippen molar-refractivity contribution >= 4 is 46.0 Å². The molecule has 1 aliphatic rings. The molecule has 0 bridgehead atoms. The average Bonchev–Trinajstić information content (AvgIpc) is 2.39. The summed E-state index contributed by atoms with van der Waals surface area (Å²) >= 11 is 5.05. The zero-order valence-corrected chi connectivity index (χ0v) is 14.7. The van der Waals surface area contributed by atoms with Crippen LogP contribution in [0.15, 0.2) is 27.6 Å². The minimum absolute atomic E-state index is 0. The zero-order chi connectivity index (χ0) is 13.7. The van der Waals surface area contributed by atoms with Gasteiger partial charge in [0.05, 0.1) is 5.75 Å². The van der Waals surface area contributed by atoms with E-state index in [1.165, 1.54) is 10.5 Å². The third-order valence-electron chi connectivity index (χ3n) is 3.20. The third-order valence-corrected chi connectivity index (χ3v) is 4.87. The molecular formula is C14H20BrClN2OS. The first kappa shape index (κ1) is 17.8. The van der Waals surface area contributed by atoms with Gasteiger partial charge in [-0.05, 0) is 56.6 Å². The van der Waals surface area contributed by atoms with Crippen molar-refractivity contribution in [1.29, 1.82) is 0 Å². The van der Waals surface area contributed by atoms with Crippen LogP contribution < -0.4 is 10.6 Å². The lowest BCUT2D eigenvalue weighted by Gasteiger charge is -2.23. The lowest BCUT2D eigenvalue weighted by atomic mass is 10.1. The van der Waals surface area contributed by atoms with Crippen molar-refractivity contribution < 1.29 is 4.79 Å². The fourth-order valence-corrected chi connectivity index (χ4v) is 3.45. The van der Waals surface area contributed by atoms with Gasteiger partial charge in [-0.1, -0.05) is 15.9 Å². The fourth-order valence-electron chi connectivity index (χ4n) is 2.15. The maximum atomic E-state index is 11.9. The number of thioether (sulfide) groups is 1. The molecule has 1 fully saturated rings. The first-order chi connectivity index (χ1) is 9.15. The second kappa shape index (κ2) is 8.93. The number of amides is 1. The lowest BCUT2D eigenvalue weighted by molar-refractivity contribution is -0.119. The number of hydrogen-bond donors (Lipinski definition) is 2. The molecule has 0 atom stereocenters. The number of rotatable bonds is 4. The molecule has 20 heavy (non-hydrogen) atoms. The van der Waals surface area contributed by atoms with Gasteiger partial charge in [-0.15, -0.1) is 24.2 Å². The minimum atomic E-state index is 0. The van der Waals surface area contributed by atoms with E-state index in [-0.39, 0.29) is 18.3 Å². The SMILES string of the molecule is Cc1cc(Br)ccc1SCC(=O)NC1CCNCC1.Cl. The number of aryl methyl sites for hydroxylation is 1. The summed E-state index contributed by atoms with van der Waals surface area (Å²) in [6.45, 7) is 4.08. The second-order valence-corrected chi connectivity index (χ2v) is 6.72. The highest BCUT2D eigenvalue weighted by Crippen LogP contribution is 2.25. The third kappa shape index (κ3) is 5.64. The molecule has 1 aliphatic heterocycles. The van der Waals surface area contributed by atoms with Gasteiger partial charge in [0.15, 0.2) is 0 Å². The van der Waals surface area contributed by atoms with Crippen molar-refractivity contribution in [2.75, 3.05) is 18.8 Å². The molecule has 1 amide bonds. The smallest absolute Gasteiger partial charge is 0.230 e. The van der Waals surface area contributed by atoms with Crippen LogP contribution in [-0.4, -0.2) is 30.8 Å². The molecular weight excluding hydrogens is 360 g/mol. The summed E-state index contributed by atoms with van der Waals surface area (Å²) in [5.41, 5.74) is 1.20. The average molecular weight is 380 g/mol. The van der Waals surface area contributed by atoms with Gasteiger partial charge in [0.2, 0.25) is 5.91 Å². The Morgan fingerprint density at radius 1 is 1.45 bits per heavy atom. The number of nitrogens with one attached hydrogen (secondary N) is 2. The molecule has 2 N–H and O–H groups in total. The van der Waals surface area contributed by atoms with Crippen LogP contribution in [0.1, 0.15) is 18.4 Å². The number of benzene rings is 1. The van der Waals surface area contributed by atoms with Crippen LogP contribution in [0.25, 0.3) is 0 Å². The normalized spacial score (nSPS) is 15.5. The van der Waals surface area contributed by atoms with E-state index in [0.717, 1.165) is 30.4 Å². The molecule has 3 nitrogen and oxygen atoms in total. The van der Waals surface area contributed by atoms with Crippen LogP contribution in [0.2, 0.25) is 0 Å². The topological polar surface area (TPSA) is 41.1 Å². The van der Waals surface area contributed by atoms with E-state index in [1.54, 1.807) is 11.8 Å². The summed E-state index contributed by atoms with van der Waals surface area (Å²) in [4.78, 5) is 13.1. The Morgan fingerprint density at radius 2 is 2.15 bits per heavy atom. The molecule has 112 valence electrons. The molecule has 6 heteroatoms. The van der Waals surface area contributed by atoms with Crippen molar-refractivity contribution in [2.24, 2.45) is 0 Å². The molecule has 1 aromatic rings. The Hall–Kier alpha value is -0.230. The van der Waals surface area contributed by atoms with Crippen LogP contribution in [0.5, 0.6) is 0 Å². The molecule has 0 spiro atoms. The van der Waals surface area contributed by atoms with Crippen LogP contribution in [-0.2, 0) is 4.79 Å². The summed E-state index contributed by atoms with van der Waals surface area (Å²) in [6.07, 6.45) is 2.07. The van der Waals surface area contributed by atoms with Crippen LogP contribution in [0.3, 0.4) is 0 Å². The summed E-state index contributed by atoms with van der Waals surface area (Å²) in [5, 5.41) is 6.41. The van der Waals surface area contributed by atoms with Gasteiger partial charge in [-0.3, -0.25) is 4.79 Å². The number of hydrogen-bond acceptors (Lipinski definition) is 3. The monoisotopic (exact) mass is 378 g/mol. The zero-order valence-electron chi connectivity index (χ0n) is 11.4. The largest absolute Gasteiger partial charge is 0.353 e.